The third-order valence-corrected chi connectivity index (χ3v) is 3.74. The Kier molecular flexibility index (Phi) is 3.19. The Morgan fingerprint density at radius 2 is 2.00 bits per heavy atom. The molecule has 0 aromatic rings. The quantitative estimate of drug-likeness (QED) is 0.669. The van der Waals surface area contributed by atoms with Crippen molar-refractivity contribution in [1.82, 2.24) is 10.2 Å². The molecule has 2 fully saturated rings. The molecule has 2 rings (SSSR count). The van der Waals surface area contributed by atoms with Crippen molar-refractivity contribution in [3.05, 3.63) is 11.1 Å². The van der Waals surface area contributed by atoms with Crippen LogP contribution in [0.15, 0.2) is 11.1 Å². The number of carboxylic acids is 1. The average molecular weight is 238 g/mol. The fourth-order valence-electron chi connectivity index (χ4n) is 2.36. The van der Waals surface area contributed by atoms with Gasteiger partial charge in [0.2, 0.25) is 5.91 Å². The molecule has 2 unspecified atom stereocenters. The topological polar surface area (TPSA) is 69.6 Å². The Morgan fingerprint density at radius 1 is 1.35 bits per heavy atom. The smallest absolute Gasteiger partial charge is 0.308 e. The molecule has 17 heavy (non-hydrogen) atoms. The van der Waals surface area contributed by atoms with Gasteiger partial charge in [0, 0.05) is 31.8 Å². The van der Waals surface area contributed by atoms with Crippen LogP contribution in [0, 0.1) is 11.8 Å². The van der Waals surface area contributed by atoms with E-state index in [2.05, 4.69) is 5.32 Å². The van der Waals surface area contributed by atoms with Crippen molar-refractivity contribution in [2.75, 3.05) is 26.2 Å². The van der Waals surface area contributed by atoms with Gasteiger partial charge in [-0.05, 0) is 18.4 Å². The van der Waals surface area contributed by atoms with Crippen LogP contribution in [0.5, 0.6) is 0 Å². The first kappa shape index (κ1) is 12.1. The lowest BCUT2D eigenvalue weighted by molar-refractivity contribution is -0.142. The highest BCUT2D eigenvalue weighted by Crippen LogP contribution is 2.25. The number of carbonyl (C=O) groups excluding carboxylic acids is 1. The summed E-state index contributed by atoms with van der Waals surface area (Å²) in [6, 6.07) is 0. The second kappa shape index (κ2) is 4.49. The lowest BCUT2D eigenvalue weighted by Gasteiger charge is -2.24. The lowest BCUT2D eigenvalue weighted by atomic mass is 9.99. The van der Waals surface area contributed by atoms with Crippen molar-refractivity contribution in [1.29, 1.82) is 0 Å². The first-order valence-electron chi connectivity index (χ1n) is 5.92. The Morgan fingerprint density at radius 3 is 2.41 bits per heavy atom. The molecule has 0 radical (unpaired) electrons. The molecule has 2 atom stereocenters. The van der Waals surface area contributed by atoms with Gasteiger partial charge >= 0.3 is 5.97 Å². The zero-order chi connectivity index (χ0) is 12.6. The van der Waals surface area contributed by atoms with Crippen molar-refractivity contribution in [2.24, 2.45) is 11.8 Å². The molecule has 2 aliphatic rings. The van der Waals surface area contributed by atoms with Gasteiger partial charge in [0.05, 0.1) is 5.92 Å². The van der Waals surface area contributed by atoms with Gasteiger partial charge in [0.25, 0.3) is 0 Å². The van der Waals surface area contributed by atoms with Gasteiger partial charge in [-0.25, -0.2) is 0 Å². The number of nitrogens with one attached hydrogen (secondary N) is 1. The van der Waals surface area contributed by atoms with E-state index < -0.39 is 11.9 Å². The molecule has 0 aromatic heterocycles. The van der Waals surface area contributed by atoms with E-state index in [0.717, 1.165) is 24.2 Å². The van der Waals surface area contributed by atoms with Gasteiger partial charge in [-0.3, -0.25) is 9.59 Å². The predicted molar refractivity (Wildman–Crippen MR) is 62.4 cm³/mol. The monoisotopic (exact) mass is 238 g/mol. The fraction of sp³-hybridized carbons (Fsp3) is 0.667. The SMILES string of the molecule is CC(C(=O)N1CC(C)C(C(=O)O)C1)=C1CNC1. The number of hydrogen-bond donors (Lipinski definition) is 2. The molecular formula is C12H18N2O3. The summed E-state index contributed by atoms with van der Waals surface area (Å²) in [5, 5.41) is 12.1. The number of aliphatic carboxylic acids is 1. The van der Waals surface area contributed by atoms with E-state index in [0.29, 0.717) is 13.1 Å². The Hall–Kier alpha value is -1.36. The van der Waals surface area contributed by atoms with E-state index in [1.165, 1.54) is 0 Å². The summed E-state index contributed by atoms with van der Waals surface area (Å²) in [6.45, 7) is 6.17. The number of carbonyl (C=O) groups is 2. The van der Waals surface area contributed by atoms with Crippen molar-refractivity contribution >= 4 is 11.9 Å². The number of rotatable bonds is 2. The summed E-state index contributed by atoms with van der Waals surface area (Å²) in [5.41, 5.74) is 1.92. The molecule has 2 saturated heterocycles. The molecule has 0 spiro atoms. The molecule has 1 amide bonds. The third kappa shape index (κ3) is 2.20. The molecule has 2 aliphatic heterocycles. The van der Waals surface area contributed by atoms with E-state index in [4.69, 9.17) is 5.11 Å². The van der Waals surface area contributed by atoms with Crippen LogP contribution in [0.3, 0.4) is 0 Å². The summed E-state index contributed by atoms with van der Waals surface area (Å²) >= 11 is 0. The molecule has 2 N–H and O–H groups in total. The molecule has 0 aliphatic carbocycles. The maximum atomic E-state index is 12.1. The second-order valence-electron chi connectivity index (χ2n) is 4.96. The van der Waals surface area contributed by atoms with Crippen LogP contribution in [-0.2, 0) is 9.59 Å². The van der Waals surface area contributed by atoms with Gasteiger partial charge in [-0.15, -0.1) is 0 Å². The summed E-state index contributed by atoms with van der Waals surface area (Å²) in [5.74, 6) is -1.19. The van der Waals surface area contributed by atoms with Crippen molar-refractivity contribution in [3.8, 4) is 0 Å². The Bertz CT molecular complexity index is 383. The van der Waals surface area contributed by atoms with Crippen LogP contribution < -0.4 is 5.32 Å². The number of hydrogen-bond acceptors (Lipinski definition) is 3. The van der Waals surface area contributed by atoms with E-state index in [1.807, 2.05) is 13.8 Å². The van der Waals surface area contributed by atoms with E-state index in [1.54, 1.807) is 4.90 Å². The zero-order valence-electron chi connectivity index (χ0n) is 10.2. The first-order valence-corrected chi connectivity index (χ1v) is 5.92. The van der Waals surface area contributed by atoms with Crippen LogP contribution in [0.25, 0.3) is 0 Å². The fourth-order valence-corrected chi connectivity index (χ4v) is 2.36. The largest absolute Gasteiger partial charge is 0.481 e. The summed E-state index contributed by atoms with van der Waals surface area (Å²) in [4.78, 5) is 24.8. The highest BCUT2D eigenvalue weighted by molar-refractivity contribution is 5.94. The molecular weight excluding hydrogens is 220 g/mol. The molecule has 5 nitrogen and oxygen atoms in total. The van der Waals surface area contributed by atoms with Crippen LogP contribution in [0.1, 0.15) is 13.8 Å². The highest BCUT2D eigenvalue weighted by Gasteiger charge is 2.37. The average Bonchev–Trinajstić information content (AvgIpc) is 2.56. The summed E-state index contributed by atoms with van der Waals surface area (Å²) in [7, 11) is 0. The van der Waals surface area contributed by atoms with Gasteiger partial charge in [0.15, 0.2) is 0 Å². The third-order valence-electron chi connectivity index (χ3n) is 3.74. The second-order valence-corrected chi connectivity index (χ2v) is 4.96. The predicted octanol–water partition coefficient (Wildman–Crippen LogP) is 0.0852. The van der Waals surface area contributed by atoms with Crippen LogP contribution in [-0.4, -0.2) is 48.1 Å². The number of likely N-dealkylation sites (tertiary alicyclic amines) is 1. The standard InChI is InChI=1S/C12H18N2O3/c1-7-5-14(6-10(7)12(16)17)11(15)8(2)9-3-13-4-9/h7,10,13H,3-6H2,1-2H3,(H,16,17). The first-order chi connectivity index (χ1) is 8.00. The van der Waals surface area contributed by atoms with Crippen molar-refractivity contribution in [2.45, 2.75) is 13.8 Å². The maximum Gasteiger partial charge on any atom is 0.308 e. The van der Waals surface area contributed by atoms with Crippen LogP contribution in [0.4, 0.5) is 0 Å². The summed E-state index contributed by atoms with van der Waals surface area (Å²) in [6.07, 6.45) is 0. The van der Waals surface area contributed by atoms with Crippen LogP contribution in [0.2, 0.25) is 0 Å². The minimum Gasteiger partial charge on any atom is -0.481 e. The van der Waals surface area contributed by atoms with Crippen molar-refractivity contribution < 1.29 is 14.7 Å². The van der Waals surface area contributed by atoms with Gasteiger partial charge in [0.1, 0.15) is 0 Å². The minimum absolute atomic E-state index is 0.00269. The zero-order valence-corrected chi connectivity index (χ0v) is 10.2. The number of amides is 1. The Balaban J connectivity index is 2.05. The molecule has 5 heteroatoms. The lowest BCUT2D eigenvalue weighted by Crippen LogP contribution is -2.38. The van der Waals surface area contributed by atoms with Gasteiger partial charge < -0.3 is 15.3 Å². The Labute approximate surface area is 100 Å². The van der Waals surface area contributed by atoms with E-state index in [9.17, 15) is 9.59 Å². The highest BCUT2D eigenvalue weighted by atomic mass is 16.4. The van der Waals surface area contributed by atoms with Gasteiger partial charge in [-0.2, -0.15) is 0 Å². The molecule has 0 bridgehead atoms. The summed E-state index contributed by atoms with van der Waals surface area (Å²) < 4.78 is 0. The van der Waals surface area contributed by atoms with E-state index in [-0.39, 0.29) is 11.8 Å². The molecule has 2 heterocycles. The normalized spacial score (nSPS) is 27.9. The van der Waals surface area contributed by atoms with Gasteiger partial charge in [-0.1, -0.05) is 6.92 Å². The molecule has 0 saturated carbocycles. The van der Waals surface area contributed by atoms with Crippen molar-refractivity contribution in [3.63, 3.8) is 0 Å². The van der Waals surface area contributed by atoms with E-state index >= 15 is 0 Å². The number of carboxylic acid groups (broad SMARTS) is 1. The van der Waals surface area contributed by atoms with Crippen LogP contribution >= 0.6 is 0 Å². The minimum atomic E-state index is -0.802. The number of nitrogens with zero attached hydrogens (tertiary/aromatic N) is 1. The maximum absolute atomic E-state index is 12.1. The molecule has 0 aromatic carbocycles. The molecule has 94 valence electrons.